The molecule has 2 aliphatic heterocycles. The van der Waals surface area contributed by atoms with Crippen molar-refractivity contribution in [3.63, 3.8) is 0 Å². The normalized spacial score (nSPS) is 24.2. The number of nitrogens with one attached hydrogen (secondary N) is 1. The van der Waals surface area contributed by atoms with E-state index in [4.69, 9.17) is 0 Å². The van der Waals surface area contributed by atoms with Crippen LogP contribution in [0.4, 0.5) is 5.69 Å². The lowest BCUT2D eigenvalue weighted by Gasteiger charge is -2.20. The predicted octanol–water partition coefficient (Wildman–Crippen LogP) is -0.166. The number of hydrogen-bond acceptors (Lipinski definition) is 6. The molecule has 0 aromatic carbocycles. The molecule has 3 rings (SSSR count). The summed E-state index contributed by atoms with van der Waals surface area (Å²) in [5.74, 6) is 0.773. The molecule has 114 valence electrons. The van der Waals surface area contributed by atoms with E-state index in [2.05, 4.69) is 36.0 Å². The van der Waals surface area contributed by atoms with Crippen molar-refractivity contribution < 1.29 is 9.53 Å². The van der Waals surface area contributed by atoms with E-state index in [-0.39, 0.29) is 12.1 Å². The molecule has 2 atom stereocenters. The summed E-state index contributed by atoms with van der Waals surface area (Å²) in [6.45, 7) is 3.75. The molecule has 3 heterocycles. The Bertz CT molecular complexity index is 606. The van der Waals surface area contributed by atoms with Gasteiger partial charge in [0, 0.05) is 26.2 Å². The molecule has 21 heavy (non-hydrogen) atoms. The van der Waals surface area contributed by atoms with Gasteiger partial charge >= 0.3 is 5.97 Å². The predicted molar refractivity (Wildman–Crippen MR) is 80.3 cm³/mol. The van der Waals surface area contributed by atoms with Crippen molar-refractivity contribution in [3.8, 4) is 0 Å². The third-order valence-electron chi connectivity index (χ3n) is 4.20. The quantitative estimate of drug-likeness (QED) is 0.758. The van der Waals surface area contributed by atoms with Crippen LogP contribution in [0.25, 0.3) is 0 Å². The van der Waals surface area contributed by atoms with Crippen molar-refractivity contribution in [1.82, 2.24) is 15.1 Å². The maximum Gasteiger partial charge on any atom is 0.327 e. The van der Waals surface area contributed by atoms with E-state index in [1.165, 1.54) is 7.11 Å². The van der Waals surface area contributed by atoms with E-state index in [9.17, 15) is 9.59 Å². The molecule has 2 saturated heterocycles. The monoisotopic (exact) mass is 356 g/mol. The largest absolute Gasteiger partial charge is 0.468 e. The van der Waals surface area contributed by atoms with Crippen molar-refractivity contribution in [2.45, 2.75) is 6.54 Å². The third-order valence-corrected chi connectivity index (χ3v) is 4.95. The van der Waals surface area contributed by atoms with Crippen LogP contribution in [-0.4, -0.2) is 49.0 Å². The molecule has 7 nitrogen and oxygen atoms in total. The molecule has 1 N–H and O–H groups in total. The second-order valence-corrected chi connectivity index (χ2v) is 6.26. The van der Waals surface area contributed by atoms with Crippen LogP contribution in [-0.2, 0) is 16.1 Å². The number of esters is 1. The van der Waals surface area contributed by atoms with Crippen LogP contribution in [0.1, 0.15) is 0 Å². The molecule has 2 fully saturated rings. The number of aromatic nitrogens is 2. The molecule has 0 amide bonds. The average molecular weight is 357 g/mol. The Morgan fingerprint density at radius 2 is 2.14 bits per heavy atom. The lowest BCUT2D eigenvalue weighted by Crippen LogP contribution is -2.32. The summed E-state index contributed by atoms with van der Waals surface area (Å²) in [6.07, 6.45) is 1.64. The van der Waals surface area contributed by atoms with E-state index in [0.717, 1.165) is 36.5 Å². The van der Waals surface area contributed by atoms with Gasteiger partial charge in [0.2, 0.25) is 0 Å². The minimum absolute atomic E-state index is 0.177. The number of ether oxygens (including phenoxy) is 1. The van der Waals surface area contributed by atoms with E-state index < -0.39 is 5.97 Å². The van der Waals surface area contributed by atoms with E-state index in [1.807, 2.05) is 0 Å². The van der Waals surface area contributed by atoms with Crippen LogP contribution in [0.3, 0.4) is 0 Å². The van der Waals surface area contributed by atoms with Crippen molar-refractivity contribution in [1.29, 1.82) is 0 Å². The van der Waals surface area contributed by atoms with Crippen molar-refractivity contribution >= 4 is 27.6 Å². The zero-order chi connectivity index (χ0) is 15.0. The third kappa shape index (κ3) is 2.69. The van der Waals surface area contributed by atoms with Gasteiger partial charge in [0.15, 0.2) is 0 Å². The Morgan fingerprint density at radius 1 is 1.48 bits per heavy atom. The maximum atomic E-state index is 12.3. The number of anilines is 1. The van der Waals surface area contributed by atoms with Crippen LogP contribution in [0, 0.1) is 11.8 Å². The molecule has 8 heteroatoms. The van der Waals surface area contributed by atoms with Gasteiger partial charge in [0.05, 0.1) is 19.0 Å². The van der Waals surface area contributed by atoms with E-state index >= 15 is 0 Å². The van der Waals surface area contributed by atoms with E-state index in [1.54, 1.807) is 6.20 Å². The summed E-state index contributed by atoms with van der Waals surface area (Å²) in [5.41, 5.74) is 0.489. The van der Waals surface area contributed by atoms with Gasteiger partial charge in [-0.25, -0.2) is 4.68 Å². The summed E-state index contributed by atoms with van der Waals surface area (Å²) in [7, 11) is 1.29. The Kier molecular flexibility index (Phi) is 3.99. The van der Waals surface area contributed by atoms with Crippen molar-refractivity contribution in [2.24, 2.45) is 11.8 Å². The number of fused-ring (bicyclic) bond motifs is 1. The zero-order valence-corrected chi connectivity index (χ0v) is 13.3. The Hall–Kier alpha value is -1.41. The molecule has 1 aromatic heterocycles. The molecule has 2 unspecified atom stereocenters. The summed E-state index contributed by atoms with van der Waals surface area (Å²) in [6, 6.07) is 0. The second-order valence-electron chi connectivity index (χ2n) is 5.47. The number of nitrogens with zero attached hydrogens (tertiary/aromatic N) is 3. The Labute approximate surface area is 130 Å². The van der Waals surface area contributed by atoms with Gasteiger partial charge in [-0.15, -0.1) is 0 Å². The highest BCUT2D eigenvalue weighted by Crippen LogP contribution is 2.32. The minimum atomic E-state index is -0.494. The number of rotatable bonds is 3. The molecule has 0 bridgehead atoms. The van der Waals surface area contributed by atoms with Crippen LogP contribution >= 0.6 is 15.9 Å². The fraction of sp³-hybridized carbons (Fsp3) is 0.615. The fourth-order valence-electron chi connectivity index (χ4n) is 3.03. The summed E-state index contributed by atoms with van der Waals surface area (Å²) < 4.78 is 6.12. The van der Waals surface area contributed by atoms with Gasteiger partial charge in [0.25, 0.3) is 5.56 Å². The van der Waals surface area contributed by atoms with Crippen LogP contribution in [0.2, 0.25) is 0 Å². The van der Waals surface area contributed by atoms with Gasteiger partial charge in [-0.05, 0) is 27.8 Å². The number of methoxy groups -OCH3 is 1. The Morgan fingerprint density at radius 3 is 2.76 bits per heavy atom. The maximum absolute atomic E-state index is 12.3. The number of halogens is 1. The molecule has 0 aliphatic carbocycles. The first-order valence-corrected chi connectivity index (χ1v) is 7.67. The highest BCUT2D eigenvalue weighted by molar-refractivity contribution is 9.10. The standard InChI is InChI=1S/C13H17BrN4O3/c1-21-11(19)7-18-13(20)12(14)10(4-16-18)17-5-8-2-15-3-9(8)6-17/h4,8-9,15H,2-3,5-7H2,1H3. The molecular formula is C13H17BrN4O3. The van der Waals surface area contributed by atoms with Crippen LogP contribution in [0.15, 0.2) is 15.5 Å². The number of carbonyl (C=O) groups excluding carboxylic acids is 1. The first-order valence-electron chi connectivity index (χ1n) is 6.88. The van der Waals surface area contributed by atoms with Crippen molar-refractivity contribution in [3.05, 3.63) is 21.0 Å². The molecule has 0 saturated carbocycles. The Balaban J connectivity index is 1.83. The minimum Gasteiger partial charge on any atom is -0.468 e. The molecule has 1 aromatic rings. The molecule has 2 aliphatic rings. The summed E-state index contributed by atoms with van der Waals surface area (Å²) in [5, 5.41) is 7.47. The average Bonchev–Trinajstić information content (AvgIpc) is 3.05. The van der Waals surface area contributed by atoms with Crippen LogP contribution in [0.5, 0.6) is 0 Å². The summed E-state index contributed by atoms with van der Waals surface area (Å²) in [4.78, 5) is 25.7. The summed E-state index contributed by atoms with van der Waals surface area (Å²) >= 11 is 3.35. The molecular weight excluding hydrogens is 340 g/mol. The van der Waals surface area contributed by atoms with Gasteiger partial charge < -0.3 is 15.0 Å². The topological polar surface area (TPSA) is 76.5 Å². The molecule has 0 spiro atoms. The highest BCUT2D eigenvalue weighted by Gasteiger charge is 2.37. The lowest BCUT2D eigenvalue weighted by molar-refractivity contribution is -0.141. The molecule has 0 radical (unpaired) electrons. The number of carbonyl (C=O) groups is 1. The highest BCUT2D eigenvalue weighted by atomic mass is 79.9. The first-order chi connectivity index (χ1) is 10.1. The lowest BCUT2D eigenvalue weighted by atomic mass is 10.0. The van der Waals surface area contributed by atoms with Crippen molar-refractivity contribution in [2.75, 3.05) is 38.2 Å². The SMILES string of the molecule is COC(=O)Cn1ncc(N2CC3CNCC3C2)c(Br)c1=O. The van der Waals surface area contributed by atoms with Gasteiger partial charge in [-0.1, -0.05) is 0 Å². The second kappa shape index (κ2) is 5.76. The fourth-order valence-corrected chi connectivity index (χ4v) is 3.59. The van der Waals surface area contributed by atoms with Gasteiger partial charge in [-0.2, -0.15) is 5.10 Å². The number of hydrogen-bond donors (Lipinski definition) is 1. The van der Waals surface area contributed by atoms with Gasteiger partial charge in [0.1, 0.15) is 11.0 Å². The van der Waals surface area contributed by atoms with Crippen LogP contribution < -0.4 is 15.8 Å². The van der Waals surface area contributed by atoms with Gasteiger partial charge in [-0.3, -0.25) is 9.59 Å². The first kappa shape index (κ1) is 14.5. The van der Waals surface area contributed by atoms with E-state index in [0.29, 0.717) is 16.3 Å². The zero-order valence-electron chi connectivity index (χ0n) is 11.7. The smallest absolute Gasteiger partial charge is 0.327 e.